The second kappa shape index (κ2) is 5.12. The van der Waals surface area contributed by atoms with Crippen LogP contribution in [0.5, 0.6) is 11.5 Å². The molecule has 88 valence electrons. The number of pyridine rings is 1. The van der Waals surface area contributed by atoms with Crippen LogP contribution in [0.2, 0.25) is 5.02 Å². The van der Waals surface area contributed by atoms with Crippen molar-refractivity contribution in [1.82, 2.24) is 4.98 Å². The molecule has 1 aromatic carbocycles. The number of rotatable bonds is 3. The maximum atomic E-state index is 13.2. The van der Waals surface area contributed by atoms with Crippen molar-refractivity contribution in [2.75, 3.05) is 0 Å². The van der Waals surface area contributed by atoms with Crippen molar-refractivity contribution in [2.45, 2.75) is 6.61 Å². The number of hydrogen-bond acceptors (Lipinski definition) is 3. The Kier molecular flexibility index (Phi) is 3.56. The van der Waals surface area contributed by atoms with Crippen molar-refractivity contribution < 1.29 is 14.2 Å². The molecule has 0 aliphatic heterocycles. The van der Waals surface area contributed by atoms with Crippen molar-refractivity contribution in [3.8, 4) is 11.5 Å². The number of ether oxygens (including phenoxy) is 1. The van der Waals surface area contributed by atoms with E-state index in [1.165, 1.54) is 18.3 Å². The van der Waals surface area contributed by atoms with Crippen LogP contribution in [0.15, 0.2) is 36.5 Å². The van der Waals surface area contributed by atoms with Gasteiger partial charge in [-0.25, -0.2) is 4.39 Å². The van der Waals surface area contributed by atoms with Crippen LogP contribution >= 0.6 is 11.6 Å². The third-order valence-corrected chi connectivity index (χ3v) is 2.38. The lowest BCUT2D eigenvalue weighted by atomic mass is 10.3. The van der Waals surface area contributed by atoms with Crippen molar-refractivity contribution in [3.63, 3.8) is 0 Å². The normalized spacial score (nSPS) is 10.3. The molecule has 3 nitrogen and oxygen atoms in total. The van der Waals surface area contributed by atoms with E-state index in [1.807, 2.05) is 0 Å². The summed E-state index contributed by atoms with van der Waals surface area (Å²) in [6.45, 7) is -0.174. The topological polar surface area (TPSA) is 42.4 Å². The highest BCUT2D eigenvalue weighted by molar-refractivity contribution is 6.30. The maximum absolute atomic E-state index is 13.2. The maximum Gasteiger partial charge on any atom is 0.145 e. The van der Waals surface area contributed by atoms with Gasteiger partial charge < -0.3 is 9.84 Å². The van der Waals surface area contributed by atoms with Gasteiger partial charge in [-0.15, -0.1) is 0 Å². The van der Waals surface area contributed by atoms with E-state index < -0.39 is 5.82 Å². The van der Waals surface area contributed by atoms with Crippen molar-refractivity contribution in [1.29, 1.82) is 0 Å². The predicted molar refractivity (Wildman–Crippen MR) is 61.6 cm³/mol. The minimum Gasteiger partial charge on any atom is -0.457 e. The van der Waals surface area contributed by atoms with Gasteiger partial charge in [0, 0.05) is 18.3 Å². The van der Waals surface area contributed by atoms with Gasteiger partial charge in [-0.05, 0) is 18.2 Å². The lowest BCUT2D eigenvalue weighted by Crippen LogP contribution is -1.91. The molecular weight excluding hydrogens is 245 g/mol. The molecule has 0 spiro atoms. The number of halogens is 2. The van der Waals surface area contributed by atoms with E-state index in [2.05, 4.69) is 4.98 Å². The molecule has 0 saturated heterocycles. The first-order valence-corrected chi connectivity index (χ1v) is 5.25. The highest BCUT2D eigenvalue weighted by atomic mass is 35.5. The van der Waals surface area contributed by atoms with E-state index in [4.69, 9.17) is 21.4 Å². The fourth-order valence-electron chi connectivity index (χ4n) is 1.28. The fourth-order valence-corrected chi connectivity index (χ4v) is 1.40. The summed E-state index contributed by atoms with van der Waals surface area (Å²) in [5.74, 6) is 0.272. The van der Waals surface area contributed by atoms with Gasteiger partial charge in [0.2, 0.25) is 0 Å². The molecule has 2 rings (SSSR count). The smallest absolute Gasteiger partial charge is 0.145 e. The molecule has 0 aliphatic rings. The lowest BCUT2D eigenvalue weighted by molar-refractivity contribution is 0.276. The minimum atomic E-state index is -0.541. The van der Waals surface area contributed by atoms with E-state index in [1.54, 1.807) is 18.2 Å². The van der Waals surface area contributed by atoms with E-state index in [-0.39, 0.29) is 11.6 Å². The molecule has 0 amide bonds. The standard InChI is InChI=1S/C12H9ClFNO2/c13-11-2-1-9(6-12(11)14)17-10-3-4-15-8(5-10)7-16/h1-6,16H,7H2. The summed E-state index contributed by atoms with van der Waals surface area (Å²) in [7, 11) is 0. The molecule has 0 atom stereocenters. The summed E-state index contributed by atoms with van der Waals surface area (Å²) < 4.78 is 18.6. The quantitative estimate of drug-likeness (QED) is 0.914. The first-order valence-electron chi connectivity index (χ1n) is 4.88. The van der Waals surface area contributed by atoms with Gasteiger partial charge in [0.25, 0.3) is 0 Å². The molecule has 0 radical (unpaired) electrons. The summed E-state index contributed by atoms with van der Waals surface area (Å²) in [4.78, 5) is 3.91. The molecule has 0 saturated carbocycles. The molecule has 0 aliphatic carbocycles. The van der Waals surface area contributed by atoms with E-state index >= 15 is 0 Å². The summed E-state index contributed by atoms with van der Waals surface area (Å²) in [5.41, 5.74) is 0.483. The van der Waals surface area contributed by atoms with Gasteiger partial charge in [0.15, 0.2) is 0 Å². The molecule has 0 bridgehead atoms. The largest absolute Gasteiger partial charge is 0.457 e. The minimum absolute atomic E-state index is 0.0446. The van der Waals surface area contributed by atoms with Crippen LogP contribution in [0.3, 0.4) is 0 Å². The van der Waals surface area contributed by atoms with Gasteiger partial charge in [-0.3, -0.25) is 4.98 Å². The number of aromatic nitrogens is 1. The number of nitrogens with zero attached hydrogens (tertiary/aromatic N) is 1. The van der Waals surface area contributed by atoms with Crippen molar-refractivity contribution >= 4 is 11.6 Å². The van der Waals surface area contributed by atoms with Crippen LogP contribution in [0.4, 0.5) is 4.39 Å². The molecular formula is C12H9ClFNO2. The van der Waals surface area contributed by atoms with Gasteiger partial charge >= 0.3 is 0 Å². The molecule has 0 fully saturated rings. The highest BCUT2D eigenvalue weighted by Crippen LogP contribution is 2.25. The van der Waals surface area contributed by atoms with Crippen LogP contribution < -0.4 is 4.74 Å². The summed E-state index contributed by atoms with van der Waals surface area (Å²) in [6.07, 6.45) is 1.51. The average Bonchev–Trinajstić information content (AvgIpc) is 2.34. The van der Waals surface area contributed by atoms with Crippen LogP contribution in [-0.4, -0.2) is 10.1 Å². The first-order chi connectivity index (χ1) is 8.19. The monoisotopic (exact) mass is 253 g/mol. The first kappa shape index (κ1) is 11.8. The third kappa shape index (κ3) is 2.93. The summed E-state index contributed by atoms with van der Waals surface area (Å²) >= 11 is 5.56. The molecule has 1 N–H and O–H groups in total. The van der Waals surface area contributed by atoms with E-state index in [0.29, 0.717) is 17.2 Å². The Morgan fingerprint density at radius 3 is 2.71 bits per heavy atom. The average molecular weight is 254 g/mol. The van der Waals surface area contributed by atoms with Crippen LogP contribution in [0.25, 0.3) is 0 Å². The molecule has 5 heteroatoms. The molecule has 1 heterocycles. The zero-order chi connectivity index (χ0) is 12.3. The van der Waals surface area contributed by atoms with E-state index in [9.17, 15) is 4.39 Å². The second-order valence-corrected chi connectivity index (χ2v) is 3.73. The van der Waals surface area contributed by atoms with E-state index in [0.717, 1.165) is 0 Å². The SMILES string of the molecule is OCc1cc(Oc2ccc(Cl)c(F)c2)ccn1. The van der Waals surface area contributed by atoms with Gasteiger partial charge in [0.05, 0.1) is 17.3 Å². The Labute approximate surface area is 102 Å². The molecule has 2 aromatic rings. The Hall–Kier alpha value is -1.65. The van der Waals surface area contributed by atoms with Crippen molar-refractivity contribution in [2.24, 2.45) is 0 Å². The van der Waals surface area contributed by atoms with Gasteiger partial charge in [-0.2, -0.15) is 0 Å². The molecule has 17 heavy (non-hydrogen) atoms. The summed E-state index contributed by atoms with van der Waals surface area (Å²) in [6, 6.07) is 7.37. The Bertz CT molecular complexity index is 534. The zero-order valence-electron chi connectivity index (χ0n) is 8.73. The lowest BCUT2D eigenvalue weighted by Gasteiger charge is -2.06. The highest BCUT2D eigenvalue weighted by Gasteiger charge is 2.03. The Balaban J connectivity index is 2.22. The predicted octanol–water partition coefficient (Wildman–Crippen LogP) is 3.16. The Morgan fingerprint density at radius 1 is 1.24 bits per heavy atom. The number of aliphatic hydroxyl groups is 1. The number of aliphatic hydroxyl groups excluding tert-OH is 1. The van der Waals surface area contributed by atoms with Crippen molar-refractivity contribution in [3.05, 3.63) is 53.1 Å². The second-order valence-electron chi connectivity index (χ2n) is 3.32. The van der Waals surface area contributed by atoms with Gasteiger partial charge in [0.1, 0.15) is 17.3 Å². The zero-order valence-corrected chi connectivity index (χ0v) is 9.49. The molecule has 0 unspecified atom stereocenters. The summed E-state index contributed by atoms with van der Waals surface area (Å²) in [5, 5.41) is 8.96. The van der Waals surface area contributed by atoms with Crippen LogP contribution in [0, 0.1) is 5.82 Å². The Morgan fingerprint density at radius 2 is 2.00 bits per heavy atom. The number of hydrogen-bond donors (Lipinski definition) is 1. The van der Waals surface area contributed by atoms with Crippen LogP contribution in [-0.2, 0) is 6.61 Å². The van der Waals surface area contributed by atoms with Gasteiger partial charge in [-0.1, -0.05) is 11.6 Å². The molecule has 1 aromatic heterocycles. The number of benzene rings is 1. The third-order valence-electron chi connectivity index (χ3n) is 2.08. The fraction of sp³-hybridized carbons (Fsp3) is 0.0833. The van der Waals surface area contributed by atoms with Crippen LogP contribution in [0.1, 0.15) is 5.69 Å².